The predicted molar refractivity (Wildman–Crippen MR) is 112 cm³/mol. The molecule has 0 aromatic heterocycles. The SMILES string of the molecule is COC1C(c2ccc(O)cc2)CCCC1(c1ccc(O)cc1)c1ccc(O)cc1. The summed E-state index contributed by atoms with van der Waals surface area (Å²) in [5.74, 6) is 0.864. The summed E-state index contributed by atoms with van der Waals surface area (Å²) in [6.07, 6.45) is 2.75. The van der Waals surface area contributed by atoms with Gasteiger partial charge in [-0.1, -0.05) is 42.8 Å². The smallest absolute Gasteiger partial charge is 0.115 e. The molecule has 1 aliphatic carbocycles. The maximum atomic E-state index is 9.84. The molecule has 1 fully saturated rings. The third kappa shape index (κ3) is 3.45. The first-order valence-corrected chi connectivity index (χ1v) is 9.95. The number of phenolic OH excluding ortho intramolecular Hbond substituents is 3. The van der Waals surface area contributed by atoms with Gasteiger partial charge in [0.1, 0.15) is 17.2 Å². The van der Waals surface area contributed by atoms with E-state index in [1.807, 2.05) is 36.4 Å². The summed E-state index contributed by atoms with van der Waals surface area (Å²) in [5.41, 5.74) is 2.88. The number of hydrogen-bond acceptors (Lipinski definition) is 4. The molecule has 2 atom stereocenters. The number of aromatic hydroxyl groups is 3. The van der Waals surface area contributed by atoms with E-state index in [1.165, 1.54) is 0 Å². The van der Waals surface area contributed by atoms with Crippen LogP contribution in [-0.2, 0) is 10.2 Å². The summed E-state index contributed by atoms with van der Waals surface area (Å²) in [6, 6.07) is 22.1. The monoisotopic (exact) mass is 390 g/mol. The van der Waals surface area contributed by atoms with Gasteiger partial charge in [-0.15, -0.1) is 0 Å². The van der Waals surface area contributed by atoms with Crippen LogP contribution in [0.25, 0.3) is 0 Å². The van der Waals surface area contributed by atoms with Gasteiger partial charge in [-0.25, -0.2) is 0 Å². The lowest BCUT2D eigenvalue weighted by atomic mass is 9.59. The standard InChI is InChI=1S/C25H26O4/c1-29-24-23(17-4-10-20(26)11-5-17)3-2-16-25(24,18-6-12-21(27)13-7-18)19-8-14-22(28)15-9-19/h4-15,23-24,26-28H,2-3,16H2,1H3. The Hall–Kier alpha value is -2.98. The van der Waals surface area contributed by atoms with E-state index >= 15 is 0 Å². The lowest BCUT2D eigenvalue weighted by Gasteiger charge is -2.48. The molecule has 0 spiro atoms. The highest BCUT2D eigenvalue weighted by Gasteiger charge is 2.48. The first kappa shape index (κ1) is 19.3. The van der Waals surface area contributed by atoms with Gasteiger partial charge >= 0.3 is 0 Å². The first-order chi connectivity index (χ1) is 14.0. The van der Waals surface area contributed by atoms with Crippen molar-refractivity contribution in [2.75, 3.05) is 7.11 Å². The van der Waals surface area contributed by atoms with Gasteiger partial charge < -0.3 is 20.1 Å². The van der Waals surface area contributed by atoms with Crippen LogP contribution >= 0.6 is 0 Å². The molecule has 3 aromatic rings. The van der Waals surface area contributed by atoms with E-state index in [1.54, 1.807) is 43.5 Å². The van der Waals surface area contributed by atoms with Gasteiger partial charge in [-0.2, -0.15) is 0 Å². The zero-order chi connectivity index (χ0) is 20.4. The fraction of sp³-hybridized carbons (Fsp3) is 0.280. The van der Waals surface area contributed by atoms with Crippen LogP contribution < -0.4 is 0 Å². The summed E-state index contributed by atoms with van der Waals surface area (Å²) in [4.78, 5) is 0. The third-order valence-electron chi connectivity index (χ3n) is 6.28. The molecule has 3 N–H and O–H groups in total. The molecule has 4 heteroatoms. The molecule has 0 amide bonds. The number of ether oxygens (including phenoxy) is 1. The first-order valence-electron chi connectivity index (χ1n) is 9.95. The average Bonchev–Trinajstić information content (AvgIpc) is 2.74. The summed E-state index contributed by atoms with van der Waals surface area (Å²) < 4.78 is 6.19. The Kier molecular flexibility index (Phi) is 5.20. The van der Waals surface area contributed by atoms with Crippen LogP contribution in [0.1, 0.15) is 41.9 Å². The molecule has 1 saturated carbocycles. The average molecular weight is 390 g/mol. The second-order valence-corrected chi connectivity index (χ2v) is 7.81. The van der Waals surface area contributed by atoms with Crippen LogP contribution in [0, 0.1) is 0 Å². The summed E-state index contributed by atoms with van der Waals surface area (Å²) >= 11 is 0. The molecule has 0 radical (unpaired) electrons. The molecular formula is C25H26O4. The van der Waals surface area contributed by atoms with Gasteiger partial charge in [0, 0.05) is 18.4 Å². The van der Waals surface area contributed by atoms with E-state index in [-0.39, 0.29) is 29.3 Å². The molecular weight excluding hydrogens is 364 g/mol. The molecule has 0 saturated heterocycles. The van der Waals surface area contributed by atoms with E-state index in [9.17, 15) is 15.3 Å². The molecule has 0 aliphatic heterocycles. The normalized spacial score (nSPS) is 21.0. The fourth-order valence-corrected chi connectivity index (χ4v) is 4.97. The van der Waals surface area contributed by atoms with Crippen molar-refractivity contribution in [1.82, 2.24) is 0 Å². The van der Waals surface area contributed by atoms with E-state index in [0.717, 1.165) is 36.0 Å². The highest BCUT2D eigenvalue weighted by molar-refractivity contribution is 5.47. The van der Waals surface area contributed by atoms with Gasteiger partial charge in [0.05, 0.1) is 6.10 Å². The molecule has 1 aliphatic rings. The maximum absolute atomic E-state index is 9.84. The molecule has 0 bridgehead atoms. The van der Waals surface area contributed by atoms with Crippen molar-refractivity contribution in [2.24, 2.45) is 0 Å². The van der Waals surface area contributed by atoms with Crippen molar-refractivity contribution in [3.8, 4) is 17.2 Å². The van der Waals surface area contributed by atoms with Crippen LogP contribution in [0.15, 0.2) is 72.8 Å². The topological polar surface area (TPSA) is 69.9 Å². The molecule has 150 valence electrons. The quantitative estimate of drug-likeness (QED) is 0.582. The molecule has 4 nitrogen and oxygen atoms in total. The predicted octanol–water partition coefficient (Wildman–Crippen LogP) is 5.07. The van der Waals surface area contributed by atoms with Gasteiger partial charge in [0.15, 0.2) is 0 Å². The van der Waals surface area contributed by atoms with Crippen molar-refractivity contribution in [3.05, 3.63) is 89.5 Å². The van der Waals surface area contributed by atoms with Crippen LogP contribution in [0.2, 0.25) is 0 Å². The van der Waals surface area contributed by atoms with Gasteiger partial charge in [0.2, 0.25) is 0 Å². The van der Waals surface area contributed by atoms with E-state index in [4.69, 9.17) is 4.74 Å². The lowest BCUT2D eigenvalue weighted by molar-refractivity contribution is 0.00159. The number of phenols is 3. The molecule has 4 rings (SSSR count). The van der Waals surface area contributed by atoms with Crippen LogP contribution in [0.4, 0.5) is 0 Å². The second kappa shape index (κ2) is 7.80. The Morgan fingerprint density at radius 1 is 0.724 bits per heavy atom. The van der Waals surface area contributed by atoms with E-state index in [2.05, 4.69) is 0 Å². The molecule has 2 unspecified atom stereocenters. The number of hydrogen-bond donors (Lipinski definition) is 3. The van der Waals surface area contributed by atoms with Gasteiger partial charge in [-0.05, 0) is 65.9 Å². The maximum Gasteiger partial charge on any atom is 0.115 e. The number of rotatable bonds is 4. The minimum Gasteiger partial charge on any atom is -0.508 e. The highest BCUT2D eigenvalue weighted by Crippen LogP contribution is 2.51. The van der Waals surface area contributed by atoms with Gasteiger partial charge in [-0.3, -0.25) is 0 Å². The number of benzene rings is 3. The van der Waals surface area contributed by atoms with Crippen molar-refractivity contribution in [1.29, 1.82) is 0 Å². The minimum absolute atomic E-state index is 0.144. The summed E-state index contributed by atoms with van der Waals surface area (Å²) in [6.45, 7) is 0. The Bertz CT molecular complexity index is 900. The summed E-state index contributed by atoms with van der Waals surface area (Å²) in [5, 5.41) is 29.4. The van der Waals surface area contributed by atoms with Crippen LogP contribution in [-0.4, -0.2) is 28.5 Å². The molecule has 29 heavy (non-hydrogen) atoms. The Balaban J connectivity index is 1.89. The third-order valence-corrected chi connectivity index (χ3v) is 6.28. The molecule has 3 aromatic carbocycles. The molecule has 0 heterocycles. The zero-order valence-electron chi connectivity index (χ0n) is 16.5. The lowest BCUT2D eigenvalue weighted by Crippen LogP contribution is -2.48. The Morgan fingerprint density at radius 3 is 1.62 bits per heavy atom. The Labute approximate surface area is 171 Å². The van der Waals surface area contributed by atoms with E-state index < -0.39 is 5.41 Å². The fourth-order valence-electron chi connectivity index (χ4n) is 4.97. The van der Waals surface area contributed by atoms with Gasteiger partial charge in [0.25, 0.3) is 0 Å². The highest BCUT2D eigenvalue weighted by atomic mass is 16.5. The minimum atomic E-state index is -0.420. The second-order valence-electron chi connectivity index (χ2n) is 7.81. The Morgan fingerprint density at radius 2 is 1.17 bits per heavy atom. The number of methoxy groups -OCH3 is 1. The largest absolute Gasteiger partial charge is 0.508 e. The van der Waals surface area contributed by atoms with Crippen LogP contribution in [0.5, 0.6) is 17.2 Å². The zero-order valence-corrected chi connectivity index (χ0v) is 16.5. The van der Waals surface area contributed by atoms with Crippen molar-refractivity contribution in [2.45, 2.75) is 36.7 Å². The van der Waals surface area contributed by atoms with Crippen molar-refractivity contribution in [3.63, 3.8) is 0 Å². The van der Waals surface area contributed by atoms with Crippen molar-refractivity contribution >= 4 is 0 Å². The van der Waals surface area contributed by atoms with Crippen molar-refractivity contribution < 1.29 is 20.1 Å². The van der Waals surface area contributed by atoms with E-state index in [0.29, 0.717) is 0 Å². The summed E-state index contributed by atoms with van der Waals surface area (Å²) in [7, 11) is 1.75. The van der Waals surface area contributed by atoms with Crippen LogP contribution in [0.3, 0.4) is 0 Å².